The first-order valence-electron chi connectivity index (χ1n) is 13.6. The number of hydrogen-bond donors (Lipinski definition) is 0. The zero-order valence-corrected chi connectivity index (χ0v) is 24.9. The summed E-state index contributed by atoms with van der Waals surface area (Å²) < 4.78 is 13.3. The fourth-order valence-electron chi connectivity index (χ4n) is 4.64. The number of nitrogens with zero attached hydrogens (tertiary/aromatic N) is 1. The Kier molecular flexibility index (Phi) is 12.9. The van der Waals surface area contributed by atoms with Gasteiger partial charge in [-0.25, -0.2) is 4.79 Å². The Morgan fingerprint density at radius 2 is 1.46 bits per heavy atom. The Morgan fingerprint density at radius 3 is 2.00 bits per heavy atom. The van der Waals surface area contributed by atoms with E-state index in [1.807, 2.05) is 19.1 Å². The monoisotopic (exact) mass is 577 g/mol. The van der Waals surface area contributed by atoms with Crippen molar-refractivity contribution in [3.05, 3.63) is 29.5 Å². The molecular weight excluding hydrogens is 534 g/mol. The molecule has 2 aromatic rings. The summed E-state index contributed by atoms with van der Waals surface area (Å²) in [5.74, 6) is -1.13. The molecular formula is C30H44BrNO5. The number of aryl methyl sites for hydroxylation is 1. The lowest BCUT2D eigenvalue weighted by Crippen LogP contribution is -2.27. The number of benzene rings is 1. The molecule has 0 fully saturated rings. The molecule has 0 saturated heterocycles. The number of aromatic nitrogens is 1. The number of carbonyl (C=O) groups is 3. The maximum Gasteiger partial charge on any atom is 0.344 e. The van der Waals surface area contributed by atoms with E-state index in [-0.39, 0.29) is 6.61 Å². The lowest BCUT2D eigenvalue weighted by Gasteiger charge is -2.19. The molecule has 0 aliphatic carbocycles. The summed E-state index contributed by atoms with van der Waals surface area (Å²) >= 11 is 3.48. The van der Waals surface area contributed by atoms with E-state index in [0.717, 1.165) is 35.9 Å². The predicted molar refractivity (Wildman–Crippen MR) is 153 cm³/mol. The van der Waals surface area contributed by atoms with E-state index < -0.39 is 23.1 Å². The molecule has 0 bridgehead atoms. The maximum atomic E-state index is 12.9. The van der Waals surface area contributed by atoms with Gasteiger partial charge in [0.15, 0.2) is 12.4 Å². The fraction of sp³-hybridized carbons (Fsp3) is 0.633. The standard InChI is InChI=1S/C30H44BrNO5/c1-22-27(29(35)23(2)33)28-24(17-16-18-25(28)36-21-26(34)37-30(3,4)5)32(22)20-15-13-11-9-7-6-8-10-12-14-19-31/h16-18H,6-15,19-21H2,1-5H3. The molecule has 0 saturated carbocycles. The first-order valence-corrected chi connectivity index (χ1v) is 14.8. The SMILES string of the molecule is CC(=O)C(=O)c1c(C)n(CCCCCCCCCCCCBr)c2cccc(OCC(=O)OC(C)(C)C)c12. The maximum absolute atomic E-state index is 12.9. The number of alkyl halides is 1. The van der Waals surface area contributed by atoms with Gasteiger partial charge in [-0.1, -0.05) is 73.4 Å². The van der Waals surface area contributed by atoms with Crippen LogP contribution in [0.4, 0.5) is 0 Å². The molecule has 0 amide bonds. The van der Waals surface area contributed by atoms with Crippen molar-refractivity contribution >= 4 is 44.4 Å². The Bertz CT molecular complexity index is 1050. The number of rotatable bonds is 17. The van der Waals surface area contributed by atoms with Gasteiger partial charge in [0.25, 0.3) is 0 Å². The van der Waals surface area contributed by atoms with E-state index in [2.05, 4.69) is 20.5 Å². The van der Waals surface area contributed by atoms with E-state index in [4.69, 9.17) is 9.47 Å². The molecule has 0 atom stereocenters. The minimum Gasteiger partial charge on any atom is -0.481 e. The highest BCUT2D eigenvalue weighted by atomic mass is 79.9. The zero-order valence-electron chi connectivity index (χ0n) is 23.3. The summed E-state index contributed by atoms with van der Waals surface area (Å²) in [6.45, 7) is 9.05. The zero-order chi connectivity index (χ0) is 27.4. The third-order valence-corrected chi connectivity index (χ3v) is 6.95. The summed E-state index contributed by atoms with van der Waals surface area (Å²) in [5, 5.41) is 1.69. The average molecular weight is 579 g/mol. The third-order valence-electron chi connectivity index (χ3n) is 6.39. The molecule has 0 N–H and O–H groups in total. The van der Waals surface area contributed by atoms with Crippen LogP contribution in [0.1, 0.15) is 108 Å². The molecule has 0 aliphatic heterocycles. The predicted octanol–water partition coefficient (Wildman–Crippen LogP) is 7.74. The Morgan fingerprint density at radius 1 is 0.892 bits per heavy atom. The number of hydrogen-bond acceptors (Lipinski definition) is 5. The van der Waals surface area contributed by atoms with Crippen LogP contribution < -0.4 is 4.74 Å². The van der Waals surface area contributed by atoms with Crippen LogP contribution in [0, 0.1) is 6.92 Å². The number of carbonyl (C=O) groups excluding carboxylic acids is 3. The second kappa shape index (κ2) is 15.3. The quantitative estimate of drug-likeness (QED) is 0.0631. The van der Waals surface area contributed by atoms with E-state index in [1.165, 1.54) is 58.3 Å². The van der Waals surface area contributed by atoms with Crippen molar-refractivity contribution < 1.29 is 23.9 Å². The normalized spacial score (nSPS) is 11.6. The molecule has 6 nitrogen and oxygen atoms in total. The van der Waals surface area contributed by atoms with Crippen LogP contribution in [0.5, 0.6) is 5.75 Å². The minimum atomic E-state index is -0.616. The van der Waals surface area contributed by atoms with Crippen molar-refractivity contribution in [2.24, 2.45) is 0 Å². The largest absolute Gasteiger partial charge is 0.481 e. The van der Waals surface area contributed by atoms with Crippen molar-refractivity contribution in [1.82, 2.24) is 4.57 Å². The summed E-state index contributed by atoms with van der Waals surface area (Å²) in [6.07, 6.45) is 12.4. The second-order valence-electron chi connectivity index (χ2n) is 10.7. The molecule has 0 spiro atoms. The van der Waals surface area contributed by atoms with Gasteiger partial charge in [0.1, 0.15) is 11.4 Å². The highest BCUT2D eigenvalue weighted by molar-refractivity contribution is 9.09. The lowest BCUT2D eigenvalue weighted by molar-refractivity contribution is -0.157. The summed E-state index contributed by atoms with van der Waals surface area (Å²) in [4.78, 5) is 37.2. The van der Waals surface area contributed by atoms with Crippen LogP contribution in [0.3, 0.4) is 0 Å². The van der Waals surface area contributed by atoms with E-state index in [9.17, 15) is 14.4 Å². The van der Waals surface area contributed by atoms with E-state index in [0.29, 0.717) is 16.7 Å². The Hall–Kier alpha value is -2.15. The highest BCUT2D eigenvalue weighted by Gasteiger charge is 2.26. The van der Waals surface area contributed by atoms with E-state index >= 15 is 0 Å². The molecule has 37 heavy (non-hydrogen) atoms. The van der Waals surface area contributed by atoms with Crippen molar-refractivity contribution in [2.75, 3.05) is 11.9 Å². The van der Waals surface area contributed by atoms with Crippen molar-refractivity contribution in [1.29, 1.82) is 0 Å². The third kappa shape index (κ3) is 9.91. The van der Waals surface area contributed by atoms with Crippen LogP contribution in [0.2, 0.25) is 0 Å². The van der Waals surface area contributed by atoms with Crippen LogP contribution in [-0.4, -0.2) is 39.6 Å². The molecule has 0 aliphatic rings. The number of halogens is 1. The van der Waals surface area contributed by atoms with Crippen molar-refractivity contribution in [3.63, 3.8) is 0 Å². The Balaban J connectivity index is 2.07. The first kappa shape index (κ1) is 31.1. The van der Waals surface area contributed by atoms with Gasteiger partial charge in [-0.2, -0.15) is 0 Å². The number of ether oxygens (including phenoxy) is 2. The fourth-order valence-corrected chi connectivity index (χ4v) is 5.04. The van der Waals surface area contributed by atoms with Gasteiger partial charge in [0.05, 0.1) is 16.5 Å². The Labute approximate surface area is 230 Å². The molecule has 2 rings (SSSR count). The summed E-state index contributed by atoms with van der Waals surface area (Å²) in [6, 6.07) is 5.52. The van der Waals surface area contributed by atoms with Crippen LogP contribution in [0.25, 0.3) is 10.9 Å². The topological polar surface area (TPSA) is 74.6 Å². The van der Waals surface area contributed by atoms with Gasteiger partial charge in [-0.3, -0.25) is 9.59 Å². The molecule has 7 heteroatoms. The molecule has 1 heterocycles. The number of Topliss-reactive ketones (excluding diaryl/α,β-unsaturated/α-hetero) is 2. The van der Waals surface area contributed by atoms with Gasteiger partial charge < -0.3 is 14.0 Å². The lowest BCUT2D eigenvalue weighted by atomic mass is 10.0. The van der Waals surface area contributed by atoms with Gasteiger partial charge in [0, 0.05) is 24.5 Å². The smallest absolute Gasteiger partial charge is 0.344 e. The number of esters is 1. The van der Waals surface area contributed by atoms with Crippen LogP contribution >= 0.6 is 15.9 Å². The van der Waals surface area contributed by atoms with Crippen LogP contribution in [0.15, 0.2) is 18.2 Å². The van der Waals surface area contributed by atoms with Crippen molar-refractivity contribution in [2.45, 2.75) is 111 Å². The highest BCUT2D eigenvalue weighted by Crippen LogP contribution is 2.34. The molecule has 206 valence electrons. The van der Waals surface area contributed by atoms with Gasteiger partial charge >= 0.3 is 5.97 Å². The van der Waals surface area contributed by atoms with Gasteiger partial charge in [-0.05, 0) is 52.7 Å². The molecule has 0 unspecified atom stereocenters. The molecule has 1 aromatic carbocycles. The molecule has 0 radical (unpaired) electrons. The first-order chi connectivity index (χ1) is 17.6. The summed E-state index contributed by atoms with van der Waals surface area (Å²) in [7, 11) is 0. The van der Waals surface area contributed by atoms with Gasteiger partial charge in [-0.15, -0.1) is 0 Å². The van der Waals surface area contributed by atoms with Gasteiger partial charge in [0.2, 0.25) is 5.78 Å². The second-order valence-corrected chi connectivity index (χ2v) is 11.5. The number of fused-ring (bicyclic) bond motifs is 1. The number of unbranched alkanes of at least 4 members (excludes halogenated alkanes) is 9. The van der Waals surface area contributed by atoms with Crippen molar-refractivity contribution in [3.8, 4) is 5.75 Å². The molecule has 1 aromatic heterocycles. The van der Waals surface area contributed by atoms with Crippen LogP contribution in [-0.2, 0) is 20.9 Å². The average Bonchev–Trinajstić information content (AvgIpc) is 3.11. The van der Waals surface area contributed by atoms with E-state index in [1.54, 1.807) is 26.8 Å². The summed E-state index contributed by atoms with van der Waals surface area (Å²) in [5.41, 5.74) is 1.34. The number of ketones is 2. The minimum absolute atomic E-state index is 0.273.